The fourth-order valence-corrected chi connectivity index (χ4v) is 2.19. The van der Waals surface area contributed by atoms with Crippen LogP contribution in [0, 0.1) is 5.92 Å². The predicted molar refractivity (Wildman–Crippen MR) is 54.6 cm³/mol. The number of carbonyl (C=O) groups is 1. The molecule has 0 atom stereocenters. The highest BCUT2D eigenvalue weighted by Gasteiger charge is 2.19. The van der Waals surface area contributed by atoms with Gasteiger partial charge in [0.15, 0.2) is 0 Å². The molecule has 0 radical (unpaired) electrons. The summed E-state index contributed by atoms with van der Waals surface area (Å²) in [4.78, 5) is 11.3. The number of Topliss-reactive ketones (excluding diaryl/α,β-unsaturated/α-hetero) is 1. The van der Waals surface area contributed by atoms with Gasteiger partial charge in [-0.1, -0.05) is 26.2 Å². The largest absolute Gasteiger partial charge is 0.299 e. The normalized spacial score (nSPS) is 17.4. The van der Waals surface area contributed by atoms with Gasteiger partial charge in [-0.15, -0.1) is 0 Å². The molecule has 0 N–H and O–H groups in total. The highest BCUT2D eigenvalue weighted by molar-refractivity contribution is 7.99. The van der Waals surface area contributed by atoms with E-state index in [1.54, 1.807) is 11.8 Å². The molecule has 0 unspecified atom stereocenters. The van der Waals surface area contributed by atoms with Crippen molar-refractivity contribution in [2.75, 3.05) is 11.5 Å². The summed E-state index contributed by atoms with van der Waals surface area (Å²) in [5.74, 6) is 3.11. The summed E-state index contributed by atoms with van der Waals surface area (Å²) < 4.78 is 0. The lowest BCUT2D eigenvalue weighted by Crippen LogP contribution is -2.17. The molecule has 0 amide bonds. The van der Waals surface area contributed by atoms with Crippen LogP contribution in [-0.2, 0) is 4.79 Å². The maximum absolute atomic E-state index is 11.3. The van der Waals surface area contributed by atoms with E-state index in [-0.39, 0.29) is 0 Å². The van der Waals surface area contributed by atoms with Gasteiger partial charge < -0.3 is 0 Å². The van der Waals surface area contributed by atoms with E-state index in [1.807, 2.05) is 0 Å². The van der Waals surface area contributed by atoms with Gasteiger partial charge in [0.2, 0.25) is 0 Å². The molecule has 0 aliphatic heterocycles. The lowest BCUT2D eigenvalue weighted by molar-refractivity contribution is -0.118. The van der Waals surface area contributed by atoms with Gasteiger partial charge in [-0.2, -0.15) is 11.8 Å². The molecular formula is C10H18OS. The molecule has 0 aromatic heterocycles. The first-order valence-corrected chi connectivity index (χ1v) is 6.08. The Hall–Kier alpha value is 0.0200. The van der Waals surface area contributed by atoms with Crippen molar-refractivity contribution < 1.29 is 4.79 Å². The molecule has 1 saturated carbocycles. The number of carbonyl (C=O) groups excluding carboxylic acids is 1. The fourth-order valence-electron chi connectivity index (χ4n) is 1.41. The topological polar surface area (TPSA) is 17.1 Å². The summed E-state index contributed by atoms with van der Waals surface area (Å²) in [6.45, 7) is 2.16. The molecule has 0 aromatic carbocycles. The first kappa shape index (κ1) is 10.1. The molecule has 70 valence electrons. The van der Waals surface area contributed by atoms with E-state index in [0.29, 0.717) is 5.78 Å². The van der Waals surface area contributed by atoms with Crippen molar-refractivity contribution in [3.63, 3.8) is 0 Å². The summed E-state index contributed by atoms with van der Waals surface area (Å²) in [7, 11) is 0. The Morgan fingerprint density at radius 2 is 2.25 bits per heavy atom. The van der Waals surface area contributed by atoms with Gasteiger partial charge in [-0.3, -0.25) is 4.79 Å². The second-order valence-corrected chi connectivity index (χ2v) is 4.70. The third-order valence-corrected chi connectivity index (χ3v) is 3.58. The second-order valence-electron chi connectivity index (χ2n) is 3.59. The van der Waals surface area contributed by atoms with E-state index in [9.17, 15) is 4.79 Å². The van der Waals surface area contributed by atoms with Crippen molar-refractivity contribution in [3.8, 4) is 0 Å². The van der Waals surface area contributed by atoms with Gasteiger partial charge >= 0.3 is 0 Å². The SMILES string of the molecule is CCCSCC(=O)CC1CCC1. The minimum absolute atomic E-state index is 0.471. The van der Waals surface area contributed by atoms with Gasteiger partial charge in [0.05, 0.1) is 5.75 Å². The lowest BCUT2D eigenvalue weighted by atomic mass is 9.82. The molecule has 1 fully saturated rings. The van der Waals surface area contributed by atoms with E-state index >= 15 is 0 Å². The molecule has 0 bridgehead atoms. The van der Waals surface area contributed by atoms with Crippen LogP contribution in [0.4, 0.5) is 0 Å². The Labute approximate surface area is 79.3 Å². The van der Waals surface area contributed by atoms with Crippen molar-refractivity contribution in [2.45, 2.75) is 39.0 Å². The van der Waals surface area contributed by atoms with Crippen molar-refractivity contribution in [1.82, 2.24) is 0 Å². The first-order valence-electron chi connectivity index (χ1n) is 4.92. The highest BCUT2D eigenvalue weighted by Crippen LogP contribution is 2.29. The van der Waals surface area contributed by atoms with E-state index in [4.69, 9.17) is 0 Å². The third kappa shape index (κ3) is 3.61. The second kappa shape index (κ2) is 5.63. The Morgan fingerprint density at radius 3 is 2.75 bits per heavy atom. The maximum Gasteiger partial charge on any atom is 0.143 e. The predicted octanol–water partition coefficient (Wildman–Crippen LogP) is 2.89. The Bertz CT molecular complexity index is 141. The summed E-state index contributed by atoms with van der Waals surface area (Å²) in [5.41, 5.74) is 0. The molecule has 0 saturated heterocycles. The van der Waals surface area contributed by atoms with E-state index < -0.39 is 0 Å². The number of thioether (sulfide) groups is 1. The molecule has 0 spiro atoms. The molecule has 1 nitrogen and oxygen atoms in total. The average molecular weight is 186 g/mol. The van der Waals surface area contributed by atoms with Crippen LogP contribution in [0.15, 0.2) is 0 Å². The monoisotopic (exact) mass is 186 g/mol. The molecular weight excluding hydrogens is 168 g/mol. The van der Waals surface area contributed by atoms with Gasteiger partial charge in [-0.05, 0) is 18.1 Å². The minimum Gasteiger partial charge on any atom is -0.299 e. The molecule has 1 rings (SSSR count). The molecule has 12 heavy (non-hydrogen) atoms. The zero-order chi connectivity index (χ0) is 8.81. The van der Waals surface area contributed by atoms with Crippen LogP contribution < -0.4 is 0 Å². The molecule has 1 aliphatic rings. The fraction of sp³-hybridized carbons (Fsp3) is 0.900. The van der Waals surface area contributed by atoms with Crippen LogP contribution in [0.2, 0.25) is 0 Å². The number of ketones is 1. The Kier molecular flexibility index (Phi) is 4.74. The highest BCUT2D eigenvalue weighted by atomic mass is 32.2. The summed E-state index contributed by atoms with van der Waals surface area (Å²) in [6, 6.07) is 0. The van der Waals surface area contributed by atoms with Crippen molar-refractivity contribution >= 4 is 17.5 Å². The zero-order valence-corrected chi connectivity index (χ0v) is 8.66. The van der Waals surface area contributed by atoms with Crippen molar-refractivity contribution in [2.24, 2.45) is 5.92 Å². The smallest absolute Gasteiger partial charge is 0.143 e. The van der Waals surface area contributed by atoms with E-state index in [1.165, 1.54) is 25.7 Å². The lowest BCUT2D eigenvalue weighted by Gasteiger charge is -2.24. The Balaban J connectivity index is 1.95. The van der Waals surface area contributed by atoms with Crippen LogP contribution in [0.25, 0.3) is 0 Å². The van der Waals surface area contributed by atoms with E-state index in [0.717, 1.165) is 23.8 Å². The molecule has 0 heterocycles. The number of hydrogen-bond acceptors (Lipinski definition) is 2. The molecule has 0 aromatic rings. The standard InChI is InChI=1S/C10H18OS/c1-2-6-12-8-10(11)7-9-4-3-5-9/h9H,2-8H2,1H3. The van der Waals surface area contributed by atoms with Crippen LogP contribution in [0.3, 0.4) is 0 Å². The van der Waals surface area contributed by atoms with E-state index in [2.05, 4.69) is 6.92 Å². The van der Waals surface area contributed by atoms with Crippen LogP contribution in [0.1, 0.15) is 39.0 Å². The van der Waals surface area contributed by atoms with Gasteiger partial charge in [0, 0.05) is 6.42 Å². The van der Waals surface area contributed by atoms with Gasteiger partial charge in [0.1, 0.15) is 5.78 Å². The van der Waals surface area contributed by atoms with Crippen molar-refractivity contribution in [3.05, 3.63) is 0 Å². The minimum atomic E-state index is 0.471. The molecule has 1 aliphatic carbocycles. The molecule has 2 heteroatoms. The number of hydrogen-bond donors (Lipinski definition) is 0. The number of rotatable bonds is 6. The first-order chi connectivity index (χ1) is 5.83. The van der Waals surface area contributed by atoms with Crippen LogP contribution in [-0.4, -0.2) is 17.3 Å². The zero-order valence-electron chi connectivity index (χ0n) is 7.84. The van der Waals surface area contributed by atoms with Gasteiger partial charge in [-0.25, -0.2) is 0 Å². The maximum atomic E-state index is 11.3. The third-order valence-electron chi connectivity index (χ3n) is 2.35. The summed E-state index contributed by atoms with van der Waals surface area (Å²) >= 11 is 1.79. The van der Waals surface area contributed by atoms with Gasteiger partial charge in [0.25, 0.3) is 0 Å². The summed E-state index contributed by atoms with van der Waals surface area (Å²) in [5, 5.41) is 0. The van der Waals surface area contributed by atoms with Crippen molar-refractivity contribution in [1.29, 1.82) is 0 Å². The van der Waals surface area contributed by atoms with Crippen LogP contribution in [0.5, 0.6) is 0 Å². The Morgan fingerprint density at radius 1 is 1.50 bits per heavy atom. The quantitative estimate of drug-likeness (QED) is 0.593. The summed E-state index contributed by atoms with van der Waals surface area (Å²) in [6.07, 6.45) is 5.98. The average Bonchev–Trinajstić information content (AvgIpc) is 1.98. The van der Waals surface area contributed by atoms with Crippen LogP contribution >= 0.6 is 11.8 Å².